The molecule has 2 amide bonds. The molecule has 4 N–H and O–H groups in total. The minimum atomic E-state index is -3.05. The molecular weight excluding hydrogens is 404 g/mol. The zero-order chi connectivity index (χ0) is 21.5. The van der Waals surface area contributed by atoms with E-state index < -0.39 is 42.2 Å². The number of hydrogen-bond acceptors (Lipinski definition) is 4. The quantitative estimate of drug-likeness (QED) is 0.647. The van der Waals surface area contributed by atoms with E-state index in [0.717, 1.165) is 12.1 Å². The van der Waals surface area contributed by atoms with Crippen molar-refractivity contribution in [2.75, 3.05) is 13.1 Å². The Balaban J connectivity index is 1.59. The average Bonchev–Trinajstić information content (AvgIpc) is 3.04. The number of halogens is 4. The second kappa shape index (κ2) is 7.77. The number of nitrogens with one attached hydrogen (secondary N) is 2. The Bertz CT molecular complexity index is 952. The first kappa shape index (κ1) is 20.4. The van der Waals surface area contributed by atoms with Gasteiger partial charge in [-0.1, -0.05) is 18.2 Å². The van der Waals surface area contributed by atoms with Gasteiger partial charge in [-0.25, -0.2) is 22.4 Å². The summed E-state index contributed by atoms with van der Waals surface area (Å²) in [5.41, 5.74) is 8.41. The summed E-state index contributed by atoms with van der Waals surface area (Å²) < 4.78 is 56.4. The van der Waals surface area contributed by atoms with Crippen LogP contribution >= 0.6 is 0 Å². The van der Waals surface area contributed by atoms with E-state index in [0.29, 0.717) is 11.3 Å². The minimum Gasteiger partial charge on any atom is -0.406 e. The molecule has 0 saturated carbocycles. The van der Waals surface area contributed by atoms with Crippen LogP contribution in [0.1, 0.15) is 24.6 Å². The molecule has 4 rings (SSSR count). The van der Waals surface area contributed by atoms with Crippen molar-refractivity contribution in [3.05, 3.63) is 53.6 Å². The van der Waals surface area contributed by atoms with Crippen LogP contribution in [0.2, 0.25) is 0 Å². The molecule has 6 nitrogen and oxygen atoms in total. The lowest BCUT2D eigenvalue weighted by atomic mass is 9.96. The molecule has 2 aliphatic heterocycles. The van der Waals surface area contributed by atoms with Crippen LogP contribution in [0.25, 0.3) is 11.1 Å². The van der Waals surface area contributed by atoms with Gasteiger partial charge >= 0.3 is 6.03 Å². The van der Waals surface area contributed by atoms with Crippen molar-refractivity contribution >= 4 is 6.03 Å². The lowest BCUT2D eigenvalue weighted by molar-refractivity contribution is -0.0289. The van der Waals surface area contributed by atoms with E-state index in [-0.39, 0.29) is 30.6 Å². The van der Waals surface area contributed by atoms with Crippen molar-refractivity contribution in [3.8, 4) is 16.9 Å². The van der Waals surface area contributed by atoms with E-state index in [2.05, 4.69) is 10.8 Å². The molecule has 0 spiro atoms. The largest absolute Gasteiger partial charge is 0.406 e. The highest BCUT2D eigenvalue weighted by Gasteiger charge is 2.40. The van der Waals surface area contributed by atoms with Gasteiger partial charge < -0.3 is 20.8 Å². The molecule has 160 valence electrons. The molecule has 1 fully saturated rings. The second-order valence-corrected chi connectivity index (χ2v) is 7.31. The maximum atomic E-state index is 14.4. The molecule has 10 heteroatoms. The standard InChI is InChI=1S/C20H20F4N4O2/c21-12-4-2-5-13(22)16(12)11-3-1-6-14-17(11)18(27-30-14)26-19(29)28-9-7-15(25)20(23,24)8-10-28/h1-6,15,18,27H,7-10,25H2,(H,26,29)/t15-,18?/m1/s1. The van der Waals surface area contributed by atoms with Crippen molar-refractivity contribution < 1.29 is 27.2 Å². The van der Waals surface area contributed by atoms with Crippen LogP contribution in [-0.4, -0.2) is 36.0 Å². The van der Waals surface area contributed by atoms with E-state index in [1.165, 1.54) is 17.0 Å². The van der Waals surface area contributed by atoms with E-state index >= 15 is 0 Å². The van der Waals surface area contributed by atoms with Crippen LogP contribution in [0.3, 0.4) is 0 Å². The SMILES string of the molecule is N[C@@H]1CCN(C(=O)NC2NOc3cccc(-c4c(F)cccc4F)c32)CCC1(F)F. The van der Waals surface area contributed by atoms with Crippen LogP contribution in [0.4, 0.5) is 22.4 Å². The highest BCUT2D eigenvalue weighted by Crippen LogP contribution is 2.40. The molecule has 2 aromatic rings. The second-order valence-electron chi connectivity index (χ2n) is 7.31. The smallest absolute Gasteiger partial charge is 0.318 e. The Kier molecular flexibility index (Phi) is 5.29. The molecule has 0 aromatic heterocycles. The van der Waals surface area contributed by atoms with Gasteiger partial charge in [-0.05, 0) is 30.2 Å². The zero-order valence-electron chi connectivity index (χ0n) is 15.8. The van der Waals surface area contributed by atoms with Crippen molar-refractivity contribution in [1.82, 2.24) is 15.7 Å². The number of nitrogens with two attached hydrogens (primary N) is 1. The highest BCUT2D eigenvalue weighted by molar-refractivity contribution is 5.77. The van der Waals surface area contributed by atoms with E-state index in [9.17, 15) is 22.4 Å². The number of benzene rings is 2. The Hall–Kier alpha value is -2.85. The molecule has 0 bridgehead atoms. The number of carbonyl (C=O) groups excluding carboxylic acids is 1. The molecule has 2 heterocycles. The number of likely N-dealkylation sites (tertiary alicyclic amines) is 1. The number of rotatable bonds is 2. The molecule has 1 saturated heterocycles. The summed E-state index contributed by atoms with van der Waals surface area (Å²) in [6, 6.07) is 6.26. The van der Waals surface area contributed by atoms with E-state index in [4.69, 9.17) is 10.6 Å². The first-order valence-corrected chi connectivity index (χ1v) is 9.46. The fourth-order valence-electron chi connectivity index (χ4n) is 3.69. The Labute approximate surface area is 169 Å². The van der Waals surface area contributed by atoms with Gasteiger partial charge in [0.2, 0.25) is 0 Å². The number of hydroxylamine groups is 1. The zero-order valence-corrected chi connectivity index (χ0v) is 15.8. The van der Waals surface area contributed by atoms with Gasteiger partial charge in [0.15, 0.2) is 5.75 Å². The van der Waals surface area contributed by atoms with Gasteiger partial charge in [-0.15, -0.1) is 5.48 Å². The van der Waals surface area contributed by atoms with E-state index in [1.54, 1.807) is 12.1 Å². The first-order valence-electron chi connectivity index (χ1n) is 9.46. The summed E-state index contributed by atoms with van der Waals surface area (Å²) in [6.45, 7) is -0.108. The number of nitrogens with zero attached hydrogens (tertiary/aromatic N) is 1. The highest BCUT2D eigenvalue weighted by atomic mass is 19.3. The van der Waals surface area contributed by atoms with Gasteiger partial charge in [-0.3, -0.25) is 0 Å². The van der Waals surface area contributed by atoms with Gasteiger partial charge in [0, 0.05) is 25.1 Å². The van der Waals surface area contributed by atoms with Crippen molar-refractivity contribution in [3.63, 3.8) is 0 Å². The van der Waals surface area contributed by atoms with Crippen LogP contribution in [0.15, 0.2) is 36.4 Å². The third-order valence-corrected chi connectivity index (χ3v) is 5.40. The third-order valence-electron chi connectivity index (χ3n) is 5.40. The lowest BCUT2D eigenvalue weighted by Gasteiger charge is -2.23. The van der Waals surface area contributed by atoms with Gasteiger partial charge in [0.1, 0.15) is 17.8 Å². The predicted molar refractivity (Wildman–Crippen MR) is 101 cm³/mol. The minimum absolute atomic E-state index is 0.0444. The van der Waals surface area contributed by atoms with Gasteiger partial charge in [0.05, 0.1) is 11.6 Å². The molecule has 30 heavy (non-hydrogen) atoms. The van der Waals surface area contributed by atoms with Gasteiger partial charge in [0.25, 0.3) is 5.92 Å². The molecule has 2 aliphatic rings. The summed E-state index contributed by atoms with van der Waals surface area (Å²) in [6.07, 6.45) is -1.52. The first-order chi connectivity index (χ1) is 14.3. The fraction of sp³-hybridized carbons (Fsp3) is 0.350. The van der Waals surface area contributed by atoms with Crippen LogP contribution in [0, 0.1) is 11.6 Å². The summed E-state index contributed by atoms with van der Waals surface area (Å²) >= 11 is 0. The van der Waals surface area contributed by atoms with Crippen LogP contribution in [0.5, 0.6) is 5.75 Å². The number of carbonyl (C=O) groups is 1. The molecular formula is C20H20F4N4O2. The summed E-state index contributed by atoms with van der Waals surface area (Å²) in [5, 5.41) is 2.64. The van der Waals surface area contributed by atoms with Crippen molar-refractivity contribution in [2.24, 2.45) is 5.73 Å². The topological polar surface area (TPSA) is 79.6 Å². The normalized spacial score (nSPS) is 22.8. The van der Waals surface area contributed by atoms with E-state index in [1.807, 2.05) is 0 Å². The van der Waals surface area contributed by atoms with Crippen molar-refractivity contribution in [2.45, 2.75) is 31.0 Å². The Morgan fingerprint density at radius 2 is 1.87 bits per heavy atom. The molecule has 2 atom stereocenters. The predicted octanol–water partition coefficient (Wildman–Crippen LogP) is 3.30. The Morgan fingerprint density at radius 3 is 2.60 bits per heavy atom. The maximum absolute atomic E-state index is 14.4. The number of hydrogen-bond donors (Lipinski definition) is 3. The summed E-state index contributed by atoms with van der Waals surface area (Å²) in [5.74, 6) is -4.27. The van der Waals surface area contributed by atoms with Gasteiger partial charge in [-0.2, -0.15) is 0 Å². The number of urea groups is 1. The molecule has 1 unspecified atom stereocenters. The molecule has 0 aliphatic carbocycles. The summed E-state index contributed by atoms with van der Waals surface area (Å²) in [7, 11) is 0. The Morgan fingerprint density at radius 1 is 1.17 bits per heavy atom. The number of amides is 2. The molecule has 2 aromatic carbocycles. The summed E-state index contributed by atoms with van der Waals surface area (Å²) in [4.78, 5) is 19.3. The lowest BCUT2D eigenvalue weighted by Crippen LogP contribution is -2.45. The number of fused-ring (bicyclic) bond motifs is 1. The van der Waals surface area contributed by atoms with Crippen molar-refractivity contribution in [1.29, 1.82) is 0 Å². The van der Waals surface area contributed by atoms with Crippen LogP contribution in [-0.2, 0) is 0 Å². The molecule has 0 radical (unpaired) electrons. The maximum Gasteiger partial charge on any atom is 0.318 e. The van der Waals surface area contributed by atoms with Crippen LogP contribution < -0.4 is 21.4 Å². The fourth-order valence-corrected chi connectivity index (χ4v) is 3.69. The monoisotopic (exact) mass is 424 g/mol. The average molecular weight is 424 g/mol. The number of alkyl halides is 2. The third kappa shape index (κ3) is 3.68.